The third-order valence-electron chi connectivity index (χ3n) is 2.83. The highest BCUT2D eigenvalue weighted by Gasteiger charge is 1.97. The van der Waals surface area contributed by atoms with Gasteiger partial charge in [-0.05, 0) is 47.2 Å². The molecule has 0 saturated heterocycles. The lowest BCUT2D eigenvalue weighted by Gasteiger charge is -1.98. The Kier molecular flexibility index (Phi) is 4.41. The minimum absolute atomic E-state index is 0.244. The fraction of sp³-hybridized carbons (Fsp3) is 0. The van der Waals surface area contributed by atoms with E-state index in [-0.39, 0.29) is 11.5 Å². The zero-order valence-corrected chi connectivity index (χ0v) is 11.1. The van der Waals surface area contributed by atoms with E-state index in [0.29, 0.717) is 5.56 Å². The lowest BCUT2D eigenvalue weighted by molar-refractivity contribution is 0.0697. The molecule has 21 heavy (non-hydrogen) atoms. The first-order valence-corrected chi connectivity index (χ1v) is 6.26. The van der Waals surface area contributed by atoms with Crippen LogP contribution in [-0.4, -0.2) is 21.3 Å². The molecular weight excluding hydrogens is 268 g/mol. The summed E-state index contributed by atoms with van der Waals surface area (Å²) in [6, 6.07) is 18.4. The smallest absolute Gasteiger partial charge is 0.335 e. The number of carboxylic acids is 1. The average molecular weight is 282 g/mol. The third kappa shape index (κ3) is 3.98. The molecule has 0 radical (unpaired) electrons. The summed E-state index contributed by atoms with van der Waals surface area (Å²) in [6.45, 7) is 0. The first kappa shape index (κ1) is 14.4. The number of phenols is 2. The van der Waals surface area contributed by atoms with Gasteiger partial charge >= 0.3 is 5.97 Å². The van der Waals surface area contributed by atoms with Gasteiger partial charge in [0.05, 0.1) is 5.56 Å². The van der Waals surface area contributed by atoms with E-state index < -0.39 is 5.97 Å². The first-order chi connectivity index (χ1) is 10.1. The Bertz CT molecular complexity index is 710. The summed E-state index contributed by atoms with van der Waals surface area (Å²) >= 11 is 0. The van der Waals surface area contributed by atoms with Gasteiger partial charge in [0.1, 0.15) is 11.5 Å². The summed E-state index contributed by atoms with van der Waals surface area (Å²) < 4.78 is 0. The Morgan fingerprint density at radius 3 is 1.57 bits per heavy atom. The average Bonchev–Trinajstić information content (AvgIpc) is 2.49. The normalized spacial score (nSPS) is 9.71. The van der Waals surface area contributed by atoms with Crippen molar-refractivity contribution in [2.45, 2.75) is 0 Å². The van der Waals surface area contributed by atoms with Crippen LogP contribution in [0.2, 0.25) is 0 Å². The maximum Gasteiger partial charge on any atom is 0.335 e. The summed E-state index contributed by atoms with van der Waals surface area (Å²) in [5.41, 5.74) is 0.331. The molecule has 0 amide bonds. The number of rotatable bonds is 1. The summed E-state index contributed by atoms with van der Waals surface area (Å²) in [7, 11) is 0. The number of hydrogen-bond acceptors (Lipinski definition) is 3. The van der Waals surface area contributed by atoms with Crippen LogP contribution in [0.4, 0.5) is 0 Å². The van der Waals surface area contributed by atoms with E-state index in [1.165, 1.54) is 0 Å². The Hall–Kier alpha value is -3.01. The Morgan fingerprint density at radius 1 is 0.714 bits per heavy atom. The third-order valence-corrected chi connectivity index (χ3v) is 2.83. The number of carboxylic acid groups (broad SMARTS) is 1. The van der Waals surface area contributed by atoms with Crippen molar-refractivity contribution in [3.8, 4) is 11.5 Å². The molecule has 3 rings (SSSR count). The molecule has 4 heteroatoms. The highest BCUT2D eigenvalue weighted by Crippen LogP contribution is 2.23. The van der Waals surface area contributed by atoms with Crippen molar-refractivity contribution >= 4 is 16.7 Å². The van der Waals surface area contributed by atoms with Crippen LogP contribution in [0, 0.1) is 0 Å². The Balaban J connectivity index is 0.000000161. The highest BCUT2D eigenvalue weighted by atomic mass is 16.4. The zero-order valence-electron chi connectivity index (χ0n) is 11.1. The van der Waals surface area contributed by atoms with Gasteiger partial charge in [0, 0.05) is 0 Å². The molecule has 106 valence electrons. The van der Waals surface area contributed by atoms with E-state index in [2.05, 4.69) is 0 Å². The van der Waals surface area contributed by atoms with Gasteiger partial charge in [-0.3, -0.25) is 0 Å². The molecule has 0 atom stereocenters. The minimum atomic E-state index is -0.879. The van der Waals surface area contributed by atoms with Crippen molar-refractivity contribution < 1.29 is 20.1 Å². The second kappa shape index (κ2) is 6.43. The predicted octanol–water partition coefficient (Wildman–Crippen LogP) is 3.64. The maximum atomic E-state index is 10.2. The summed E-state index contributed by atoms with van der Waals surface area (Å²) in [6.07, 6.45) is 0. The van der Waals surface area contributed by atoms with Crippen LogP contribution in [0.25, 0.3) is 10.8 Å². The number of benzene rings is 3. The van der Waals surface area contributed by atoms with Gasteiger partial charge in [0.2, 0.25) is 0 Å². The Morgan fingerprint density at radius 2 is 1.19 bits per heavy atom. The number of aromatic hydroxyl groups is 2. The van der Waals surface area contributed by atoms with Gasteiger partial charge in [-0.25, -0.2) is 4.79 Å². The van der Waals surface area contributed by atoms with Crippen molar-refractivity contribution in [3.05, 3.63) is 72.3 Å². The van der Waals surface area contributed by atoms with Gasteiger partial charge in [-0.2, -0.15) is 0 Å². The van der Waals surface area contributed by atoms with Crippen LogP contribution in [0.3, 0.4) is 0 Å². The fourth-order valence-corrected chi connectivity index (χ4v) is 1.80. The second-order valence-corrected chi connectivity index (χ2v) is 4.39. The number of fused-ring (bicyclic) bond motifs is 1. The summed E-state index contributed by atoms with van der Waals surface area (Å²) in [5, 5.41) is 28.5. The largest absolute Gasteiger partial charge is 0.508 e. The Labute approximate surface area is 121 Å². The lowest BCUT2D eigenvalue weighted by atomic mass is 10.1. The fourth-order valence-electron chi connectivity index (χ4n) is 1.80. The number of aromatic carboxylic acids is 1. The van der Waals surface area contributed by atoms with E-state index in [0.717, 1.165) is 10.8 Å². The van der Waals surface area contributed by atoms with Crippen molar-refractivity contribution in [1.29, 1.82) is 0 Å². The number of hydrogen-bond donors (Lipinski definition) is 3. The zero-order chi connectivity index (χ0) is 15.2. The SMILES string of the molecule is O=C(O)c1ccccc1.Oc1ccc2cc(O)ccc2c1. The highest BCUT2D eigenvalue weighted by molar-refractivity contribution is 5.87. The van der Waals surface area contributed by atoms with E-state index in [1.54, 1.807) is 66.7 Å². The molecule has 0 unspecified atom stereocenters. The van der Waals surface area contributed by atoms with Gasteiger partial charge < -0.3 is 15.3 Å². The molecule has 0 saturated carbocycles. The summed E-state index contributed by atoms with van der Waals surface area (Å²) in [4.78, 5) is 10.2. The molecule has 0 aliphatic carbocycles. The molecule has 0 spiro atoms. The van der Waals surface area contributed by atoms with Crippen LogP contribution in [0.15, 0.2) is 66.7 Å². The van der Waals surface area contributed by atoms with Crippen LogP contribution in [-0.2, 0) is 0 Å². The topological polar surface area (TPSA) is 77.8 Å². The summed E-state index contributed by atoms with van der Waals surface area (Å²) in [5.74, 6) is -0.392. The minimum Gasteiger partial charge on any atom is -0.508 e. The van der Waals surface area contributed by atoms with Crippen LogP contribution < -0.4 is 0 Å². The van der Waals surface area contributed by atoms with Crippen LogP contribution >= 0.6 is 0 Å². The van der Waals surface area contributed by atoms with Gasteiger partial charge in [0.15, 0.2) is 0 Å². The quantitative estimate of drug-likeness (QED) is 0.637. The first-order valence-electron chi connectivity index (χ1n) is 6.26. The van der Waals surface area contributed by atoms with E-state index in [9.17, 15) is 4.79 Å². The molecule has 3 N–H and O–H groups in total. The van der Waals surface area contributed by atoms with Gasteiger partial charge in [-0.1, -0.05) is 30.3 Å². The molecule has 4 nitrogen and oxygen atoms in total. The molecule has 3 aromatic rings. The molecule has 0 bridgehead atoms. The second-order valence-electron chi connectivity index (χ2n) is 4.39. The molecule has 0 aliphatic rings. The monoisotopic (exact) mass is 282 g/mol. The predicted molar refractivity (Wildman–Crippen MR) is 80.7 cm³/mol. The van der Waals surface area contributed by atoms with Gasteiger partial charge in [0.25, 0.3) is 0 Å². The maximum absolute atomic E-state index is 10.2. The van der Waals surface area contributed by atoms with E-state index in [1.807, 2.05) is 0 Å². The molecule has 3 aromatic carbocycles. The molecule has 0 aliphatic heterocycles. The van der Waals surface area contributed by atoms with Crippen LogP contribution in [0.5, 0.6) is 11.5 Å². The molecule has 0 fully saturated rings. The van der Waals surface area contributed by atoms with Crippen molar-refractivity contribution in [2.24, 2.45) is 0 Å². The molecule has 0 aromatic heterocycles. The number of carbonyl (C=O) groups is 1. The standard InChI is InChI=1S/C10H8O2.C7H6O2/c11-9-3-1-7-5-10(12)4-2-8(7)6-9;8-7(9)6-4-2-1-3-5-6/h1-6,11-12H;1-5H,(H,8,9). The van der Waals surface area contributed by atoms with E-state index >= 15 is 0 Å². The number of phenolic OH excluding ortho intramolecular Hbond substituents is 2. The van der Waals surface area contributed by atoms with Gasteiger partial charge in [-0.15, -0.1) is 0 Å². The molecular formula is C17H14O4. The molecule has 0 heterocycles. The van der Waals surface area contributed by atoms with E-state index in [4.69, 9.17) is 15.3 Å². The van der Waals surface area contributed by atoms with Crippen molar-refractivity contribution in [1.82, 2.24) is 0 Å². The lowest BCUT2D eigenvalue weighted by Crippen LogP contribution is -1.93. The van der Waals surface area contributed by atoms with Crippen molar-refractivity contribution in [2.75, 3.05) is 0 Å². The van der Waals surface area contributed by atoms with Crippen molar-refractivity contribution in [3.63, 3.8) is 0 Å². The van der Waals surface area contributed by atoms with Crippen LogP contribution in [0.1, 0.15) is 10.4 Å².